The zero-order chi connectivity index (χ0) is 22.2. The summed E-state index contributed by atoms with van der Waals surface area (Å²) in [5.74, 6) is -1.76. The third-order valence-electron chi connectivity index (χ3n) is 4.31. The molecule has 0 unspecified atom stereocenters. The zero-order valence-corrected chi connectivity index (χ0v) is 18.4. The molecule has 0 bridgehead atoms. The zero-order valence-electron chi connectivity index (χ0n) is 16.0. The van der Waals surface area contributed by atoms with E-state index in [1.807, 2.05) is 0 Å². The first-order valence-electron chi connectivity index (χ1n) is 8.90. The van der Waals surface area contributed by atoms with Crippen LogP contribution in [0.4, 0.5) is 13.2 Å². The molecule has 0 amide bonds. The number of rotatable bonds is 5. The summed E-state index contributed by atoms with van der Waals surface area (Å²) in [5, 5.41) is 0. The van der Waals surface area contributed by atoms with E-state index in [9.17, 15) is 21.6 Å². The molecule has 4 rings (SSSR count). The van der Waals surface area contributed by atoms with Gasteiger partial charge in [0.2, 0.25) is 0 Å². The Bertz CT molecular complexity index is 1330. The average molecular weight is 478 g/mol. The second-order valence-corrected chi connectivity index (χ2v) is 11.0. The van der Waals surface area contributed by atoms with E-state index < -0.39 is 21.5 Å². The standard InChI is InChI=1S/C22H14F3NO2S3/c1-31(27,28)19-8-4-14(5-9-19)21-20(13-2-6-15(23)7-3-13)26-22(30-21)29-18-11-16(24)10-17(25)12-18/h2-12H,1H3. The van der Waals surface area contributed by atoms with Crippen molar-refractivity contribution in [3.8, 4) is 21.7 Å². The Balaban J connectivity index is 1.79. The summed E-state index contributed by atoms with van der Waals surface area (Å²) < 4.78 is 64.6. The Morgan fingerprint density at radius 1 is 0.806 bits per heavy atom. The van der Waals surface area contributed by atoms with Gasteiger partial charge in [0.1, 0.15) is 17.5 Å². The molecule has 0 radical (unpaired) electrons. The molecule has 0 aliphatic rings. The molecule has 31 heavy (non-hydrogen) atoms. The van der Waals surface area contributed by atoms with Gasteiger partial charge in [0, 0.05) is 22.8 Å². The topological polar surface area (TPSA) is 47.0 Å². The van der Waals surface area contributed by atoms with Crippen LogP contribution in [0.1, 0.15) is 0 Å². The molecule has 3 aromatic carbocycles. The van der Waals surface area contributed by atoms with E-state index >= 15 is 0 Å². The monoisotopic (exact) mass is 477 g/mol. The summed E-state index contributed by atoms with van der Waals surface area (Å²) in [4.78, 5) is 5.88. The van der Waals surface area contributed by atoms with Crippen LogP contribution in [0.5, 0.6) is 0 Å². The van der Waals surface area contributed by atoms with Crippen LogP contribution in [0.3, 0.4) is 0 Å². The molecular weight excluding hydrogens is 463 g/mol. The Morgan fingerprint density at radius 3 is 1.97 bits per heavy atom. The van der Waals surface area contributed by atoms with E-state index in [1.54, 1.807) is 24.3 Å². The lowest BCUT2D eigenvalue weighted by molar-refractivity contribution is 0.577. The van der Waals surface area contributed by atoms with Crippen molar-refractivity contribution in [1.29, 1.82) is 0 Å². The summed E-state index contributed by atoms with van der Waals surface area (Å²) >= 11 is 2.40. The number of aromatic nitrogens is 1. The quantitative estimate of drug-likeness (QED) is 0.331. The molecule has 0 aliphatic heterocycles. The predicted molar refractivity (Wildman–Crippen MR) is 117 cm³/mol. The van der Waals surface area contributed by atoms with Gasteiger partial charge in [-0.15, -0.1) is 11.3 Å². The number of benzene rings is 3. The molecule has 9 heteroatoms. The first-order valence-corrected chi connectivity index (χ1v) is 12.4. The van der Waals surface area contributed by atoms with Crippen LogP contribution in [0, 0.1) is 17.5 Å². The molecule has 0 aliphatic carbocycles. The molecule has 0 spiro atoms. The fourth-order valence-electron chi connectivity index (χ4n) is 2.89. The Labute approximate surface area is 185 Å². The highest BCUT2D eigenvalue weighted by Gasteiger charge is 2.17. The number of hydrogen-bond donors (Lipinski definition) is 0. The van der Waals surface area contributed by atoms with Crippen LogP contribution in [-0.2, 0) is 9.84 Å². The van der Waals surface area contributed by atoms with Gasteiger partial charge in [-0.3, -0.25) is 0 Å². The number of hydrogen-bond acceptors (Lipinski definition) is 5. The summed E-state index contributed by atoms with van der Waals surface area (Å²) in [7, 11) is -3.34. The van der Waals surface area contributed by atoms with Crippen molar-refractivity contribution in [3.05, 3.63) is 84.2 Å². The summed E-state index contributed by atoms with van der Waals surface area (Å²) in [5.41, 5.74) is 1.95. The lowest BCUT2D eigenvalue weighted by Gasteiger charge is -2.04. The van der Waals surface area contributed by atoms with E-state index in [4.69, 9.17) is 0 Å². The van der Waals surface area contributed by atoms with Crippen LogP contribution in [0.25, 0.3) is 21.7 Å². The highest BCUT2D eigenvalue weighted by atomic mass is 32.2. The maximum absolute atomic E-state index is 13.6. The Kier molecular flexibility index (Phi) is 5.92. The van der Waals surface area contributed by atoms with Gasteiger partial charge in [0.25, 0.3) is 0 Å². The Hall–Kier alpha value is -2.62. The molecule has 158 valence electrons. The van der Waals surface area contributed by atoms with Gasteiger partial charge in [0.05, 0.1) is 15.5 Å². The van der Waals surface area contributed by atoms with Gasteiger partial charge in [-0.1, -0.05) is 23.9 Å². The lowest BCUT2D eigenvalue weighted by Crippen LogP contribution is -1.96. The van der Waals surface area contributed by atoms with E-state index in [2.05, 4.69) is 4.98 Å². The average Bonchev–Trinajstić information content (AvgIpc) is 3.11. The molecule has 0 N–H and O–H groups in total. The van der Waals surface area contributed by atoms with Crippen LogP contribution in [0.2, 0.25) is 0 Å². The van der Waals surface area contributed by atoms with Crippen molar-refractivity contribution in [2.75, 3.05) is 6.26 Å². The third kappa shape index (κ3) is 5.00. The second kappa shape index (κ2) is 8.49. The maximum Gasteiger partial charge on any atom is 0.175 e. The van der Waals surface area contributed by atoms with Gasteiger partial charge >= 0.3 is 0 Å². The van der Waals surface area contributed by atoms with Gasteiger partial charge < -0.3 is 0 Å². The Morgan fingerprint density at radius 2 is 1.39 bits per heavy atom. The number of halogens is 3. The second-order valence-electron chi connectivity index (χ2n) is 6.67. The molecule has 3 nitrogen and oxygen atoms in total. The highest BCUT2D eigenvalue weighted by molar-refractivity contribution is 8.01. The highest BCUT2D eigenvalue weighted by Crippen LogP contribution is 2.42. The van der Waals surface area contributed by atoms with Crippen LogP contribution in [-0.4, -0.2) is 19.7 Å². The van der Waals surface area contributed by atoms with E-state index in [-0.39, 0.29) is 10.7 Å². The molecule has 0 saturated heterocycles. The molecular formula is C22H14F3NO2S3. The van der Waals surface area contributed by atoms with Crippen molar-refractivity contribution in [2.45, 2.75) is 14.1 Å². The van der Waals surface area contributed by atoms with Crippen LogP contribution < -0.4 is 0 Å². The van der Waals surface area contributed by atoms with Gasteiger partial charge in [-0.05, 0) is 54.1 Å². The smallest absolute Gasteiger partial charge is 0.175 e. The SMILES string of the molecule is CS(=O)(=O)c1ccc(-c2sc(Sc3cc(F)cc(F)c3)nc2-c2ccc(F)cc2)cc1. The van der Waals surface area contributed by atoms with E-state index in [0.29, 0.717) is 20.5 Å². The normalized spacial score (nSPS) is 11.6. The first-order chi connectivity index (χ1) is 14.7. The minimum absolute atomic E-state index is 0.189. The number of sulfone groups is 1. The summed E-state index contributed by atoms with van der Waals surface area (Å²) in [6.45, 7) is 0. The molecule has 0 saturated carbocycles. The van der Waals surface area contributed by atoms with Crippen molar-refractivity contribution < 1.29 is 21.6 Å². The third-order valence-corrected chi connectivity index (χ3v) is 7.58. The minimum Gasteiger partial charge on any atom is -0.229 e. The van der Waals surface area contributed by atoms with Crippen molar-refractivity contribution in [3.63, 3.8) is 0 Å². The largest absolute Gasteiger partial charge is 0.229 e. The maximum atomic E-state index is 13.6. The van der Waals surface area contributed by atoms with Gasteiger partial charge in [0.15, 0.2) is 14.2 Å². The van der Waals surface area contributed by atoms with Crippen molar-refractivity contribution in [2.24, 2.45) is 0 Å². The van der Waals surface area contributed by atoms with Gasteiger partial charge in [-0.2, -0.15) is 0 Å². The lowest BCUT2D eigenvalue weighted by atomic mass is 10.1. The van der Waals surface area contributed by atoms with Crippen LogP contribution >= 0.6 is 23.1 Å². The summed E-state index contributed by atoms with van der Waals surface area (Å²) in [6.07, 6.45) is 1.13. The van der Waals surface area contributed by atoms with Gasteiger partial charge in [-0.25, -0.2) is 26.6 Å². The number of nitrogens with zero attached hydrogens (tertiary/aromatic N) is 1. The fraction of sp³-hybridized carbons (Fsp3) is 0.0455. The molecule has 1 heterocycles. The van der Waals surface area contributed by atoms with Crippen LogP contribution in [0.15, 0.2) is 80.9 Å². The minimum atomic E-state index is -3.34. The molecule has 4 aromatic rings. The van der Waals surface area contributed by atoms with Crippen molar-refractivity contribution in [1.82, 2.24) is 4.98 Å². The molecule has 0 atom stereocenters. The molecule has 1 aromatic heterocycles. The molecule has 0 fully saturated rings. The predicted octanol–water partition coefficient (Wildman–Crippen LogP) is 6.45. The van der Waals surface area contributed by atoms with E-state index in [0.717, 1.165) is 34.5 Å². The first kappa shape index (κ1) is 21.6. The number of thiazole rings is 1. The van der Waals surface area contributed by atoms with E-state index in [1.165, 1.54) is 47.7 Å². The van der Waals surface area contributed by atoms with Crippen molar-refractivity contribution >= 4 is 32.9 Å². The fourth-order valence-corrected chi connectivity index (χ4v) is 5.73. The summed E-state index contributed by atoms with van der Waals surface area (Å²) in [6, 6.07) is 15.4.